The third kappa shape index (κ3) is 3.47. The molecule has 1 atom stereocenters. The fourth-order valence-corrected chi connectivity index (χ4v) is 2.47. The zero-order valence-corrected chi connectivity index (χ0v) is 14.1. The van der Waals surface area contributed by atoms with Gasteiger partial charge in [-0.05, 0) is 38.5 Å². The summed E-state index contributed by atoms with van der Waals surface area (Å²) in [5.41, 5.74) is 2.00. The Balaban J connectivity index is 2.26. The van der Waals surface area contributed by atoms with Gasteiger partial charge in [-0.1, -0.05) is 12.1 Å². The molecule has 2 aromatic rings. The summed E-state index contributed by atoms with van der Waals surface area (Å²) in [6.07, 6.45) is 0.636. The highest BCUT2D eigenvalue weighted by atomic mass is 16.5. The number of carbonyl (C=O) groups excluding carboxylic acids is 1. The smallest absolute Gasteiger partial charge is 0.257 e. The van der Waals surface area contributed by atoms with Crippen molar-refractivity contribution in [3.8, 4) is 11.5 Å². The predicted octanol–water partition coefficient (Wildman–Crippen LogP) is 3.05. The van der Waals surface area contributed by atoms with Gasteiger partial charge < -0.3 is 19.3 Å². The number of amides is 1. The number of aromatic nitrogens is 1. The summed E-state index contributed by atoms with van der Waals surface area (Å²) in [4.78, 5) is 12.6. The van der Waals surface area contributed by atoms with E-state index in [-0.39, 0.29) is 11.9 Å². The van der Waals surface area contributed by atoms with Gasteiger partial charge in [-0.2, -0.15) is 0 Å². The van der Waals surface area contributed by atoms with Crippen molar-refractivity contribution in [3.63, 3.8) is 0 Å². The second kappa shape index (κ2) is 7.17. The Bertz CT molecular complexity index is 694. The first-order valence-electron chi connectivity index (χ1n) is 7.49. The van der Waals surface area contributed by atoms with Gasteiger partial charge in [0.25, 0.3) is 5.91 Å². The van der Waals surface area contributed by atoms with E-state index in [1.165, 1.54) is 0 Å². The Morgan fingerprint density at radius 3 is 2.70 bits per heavy atom. The molecule has 0 aliphatic carbocycles. The molecule has 1 heterocycles. The molecule has 1 unspecified atom stereocenters. The summed E-state index contributed by atoms with van der Waals surface area (Å²) in [6.45, 7) is 5.56. The van der Waals surface area contributed by atoms with E-state index in [4.69, 9.17) is 14.0 Å². The second-order valence-corrected chi connectivity index (χ2v) is 5.22. The summed E-state index contributed by atoms with van der Waals surface area (Å²) < 4.78 is 15.7. The molecular formula is C17H22N2O4. The highest BCUT2D eigenvalue weighted by Crippen LogP contribution is 2.29. The molecule has 1 amide bonds. The average molecular weight is 318 g/mol. The minimum absolute atomic E-state index is 0.210. The van der Waals surface area contributed by atoms with Crippen LogP contribution in [0, 0.1) is 6.92 Å². The molecule has 0 radical (unpaired) electrons. The topological polar surface area (TPSA) is 73.6 Å². The number of carbonyl (C=O) groups is 1. The van der Waals surface area contributed by atoms with Crippen LogP contribution in [-0.2, 0) is 6.42 Å². The monoisotopic (exact) mass is 318 g/mol. The normalized spacial score (nSPS) is 11.9. The van der Waals surface area contributed by atoms with E-state index in [1.807, 2.05) is 32.0 Å². The van der Waals surface area contributed by atoms with Gasteiger partial charge in [-0.25, -0.2) is 0 Å². The fraction of sp³-hybridized carbons (Fsp3) is 0.412. The number of nitrogens with zero attached hydrogens (tertiary/aromatic N) is 1. The quantitative estimate of drug-likeness (QED) is 0.886. The molecule has 0 bridgehead atoms. The minimum Gasteiger partial charge on any atom is -0.497 e. The zero-order chi connectivity index (χ0) is 17.0. The van der Waals surface area contributed by atoms with Crippen LogP contribution in [0.1, 0.15) is 47.3 Å². The lowest BCUT2D eigenvalue weighted by Crippen LogP contribution is -2.28. The summed E-state index contributed by atoms with van der Waals surface area (Å²) in [5.74, 6) is 1.70. The Kier molecular flexibility index (Phi) is 5.26. The molecule has 0 aliphatic heterocycles. The second-order valence-electron chi connectivity index (χ2n) is 5.22. The lowest BCUT2D eigenvalue weighted by molar-refractivity contribution is 0.0937. The first-order valence-corrected chi connectivity index (χ1v) is 7.49. The van der Waals surface area contributed by atoms with E-state index in [0.29, 0.717) is 34.9 Å². The SMILES string of the molecule is CCc1noc(C)c1C(=O)NC(C)c1cc(OC)ccc1OC. The third-order valence-corrected chi connectivity index (χ3v) is 3.75. The summed E-state index contributed by atoms with van der Waals surface area (Å²) >= 11 is 0. The molecule has 2 rings (SSSR count). The van der Waals surface area contributed by atoms with Gasteiger partial charge in [0.05, 0.1) is 26.0 Å². The summed E-state index contributed by atoms with van der Waals surface area (Å²) in [7, 11) is 3.20. The van der Waals surface area contributed by atoms with E-state index in [9.17, 15) is 4.79 Å². The average Bonchev–Trinajstić information content (AvgIpc) is 2.94. The minimum atomic E-state index is -0.258. The Labute approximate surface area is 135 Å². The van der Waals surface area contributed by atoms with Gasteiger partial charge in [0, 0.05) is 5.56 Å². The van der Waals surface area contributed by atoms with Crippen LogP contribution in [0.3, 0.4) is 0 Å². The van der Waals surface area contributed by atoms with Crippen molar-refractivity contribution in [3.05, 3.63) is 40.8 Å². The largest absolute Gasteiger partial charge is 0.497 e. The lowest BCUT2D eigenvalue weighted by atomic mass is 10.1. The molecule has 1 aromatic heterocycles. The first-order chi connectivity index (χ1) is 11.0. The van der Waals surface area contributed by atoms with Gasteiger partial charge in [0.15, 0.2) is 0 Å². The summed E-state index contributed by atoms with van der Waals surface area (Å²) in [6, 6.07) is 5.23. The molecule has 23 heavy (non-hydrogen) atoms. The number of nitrogens with one attached hydrogen (secondary N) is 1. The number of methoxy groups -OCH3 is 2. The number of ether oxygens (including phenoxy) is 2. The Morgan fingerprint density at radius 2 is 2.09 bits per heavy atom. The van der Waals surface area contributed by atoms with E-state index in [2.05, 4.69) is 10.5 Å². The molecule has 124 valence electrons. The van der Waals surface area contributed by atoms with Crippen molar-refractivity contribution in [1.82, 2.24) is 10.5 Å². The van der Waals surface area contributed by atoms with Crippen LogP contribution in [0.2, 0.25) is 0 Å². The maximum absolute atomic E-state index is 12.6. The maximum atomic E-state index is 12.6. The Hall–Kier alpha value is -2.50. The van der Waals surface area contributed by atoms with Crippen molar-refractivity contribution in [2.24, 2.45) is 0 Å². The molecule has 0 aliphatic rings. The van der Waals surface area contributed by atoms with Crippen LogP contribution in [0.25, 0.3) is 0 Å². The fourth-order valence-electron chi connectivity index (χ4n) is 2.47. The molecule has 6 nitrogen and oxygen atoms in total. The number of benzene rings is 1. The highest BCUT2D eigenvalue weighted by Gasteiger charge is 2.22. The van der Waals surface area contributed by atoms with Crippen molar-refractivity contribution in [2.75, 3.05) is 14.2 Å². The first kappa shape index (κ1) is 16.9. The predicted molar refractivity (Wildman–Crippen MR) is 86.0 cm³/mol. The van der Waals surface area contributed by atoms with Crippen LogP contribution >= 0.6 is 0 Å². The van der Waals surface area contributed by atoms with Gasteiger partial charge in [0.2, 0.25) is 0 Å². The number of rotatable bonds is 6. The van der Waals surface area contributed by atoms with Crippen LogP contribution in [0.5, 0.6) is 11.5 Å². The Morgan fingerprint density at radius 1 is 1.35 bits per heavy atom. The van der Waals surface area contributed by atoms with Crippen molar-refractivity contribution in [1.29, 1.82) is 0 Å². The van der Waals surface area contributed by atoms with Gasteiger partial charge in [-0.3, -0.25) is 4.79 Å². The van der Waals surface area contributed by atoms with Crippen molar-refractivity contribution in [2.45, 2.75) is 33.2 Å². The molecule has 6 heteroatoms. The molecule has 0 saturated carbocycles. The molecule has 0 saturated heterocycles. The number of aryl methyl sites for hydroxylation is 2. The van der Waals surface area contributed by atoms with E-state index in [0.717, 1.165) is 5.56 Å². The van der Waals surface area contributed by atoms with Crippen LogP contribution in [-0.4, -0.2) is 25.3 Å². The molecule has 0 fully saturated rings. The van der Waals surface area contributed by atoms with Crippen molar-refractivity contribution < 1.29 is 18.8 Å². The standard InChI is InChI=1S/C17H22N2O4/c1-6-14-16(11(3)23-19-14)17(20)18-10(2)13-9-12(21-4)7-8-15(13)22-5/h7-10H,6H2,1-5H3,(H,18,20). The molecular weight excluding hydrogens is 296 g/mol. The van der Waals surface area contributed by atoms with Gasteiger partial charge in [-0.15, -0.1) is 0 Å². The van der Waals surface area contributed by atoms with Crippen LogP contribution < -0.4 is 14.8 Å². The van der Waals surface area contributed by atoms with E-state index >= 15 is 0 Å². The maximum Gasteiger partial charge on any atom is 0.257 e. The molecule has 1 aromatic carbocycles. The lowest BCUT2D eigenvalue weighted by Gasteiger charge is -2.18. The number of hydrogen-bond donors (Lipinski definition) is 1. The molecule has 1 N–H and O–H groups in total. The third-order valence-electron chi connectivity index (χ3n) is 3.75. The summed E-state index contributed by atoms with van der Waals surface area (Å²) in [5, 5.41) is 6.88. The van der Waals surface area contributed by atoms with Crippen LogP contribution in [0.15, 0.2) is 22.7 Å². The van der Waals surface area contributed by atoms with E-state index in [1.54, 1.807) is 21.1 Å². The van der Waals surface area contributed by atoms with Crippen LogP contribution in [0.4, 0.5) is 0 Å². The zero-order valence-electron chi connectivity index (χ0n) is 14.1. The highest BCUT2D eigenvalue weighted by molar-refractivity contribution is 5.96. The molecule has 0 spiro atoms. The number of hydrogen-bond acceptors (Lipinski definition) is 5. The van der Waals surface area contributed by atoms with Crippen molar-refractivity contribution >= 4 is 5.91 Å². The van der Waals surface area contributed by atoms with E-state index < -0.39 is 0 Å². The van der Waals surface area contributed by atoms with Gasteiger partial charge >= 0.3 is 0 Å². The van der Waals surface area contributed by atoms with Gasteiger partial charge in [0.1, 0.15) is 22.8 Å².